The van der Waals surface area contributed by atoms with Crippen molar-refractivity contribution in [3.63, 3.8) is 0 Å². The van der Waals surface area contributed by atoms with E-state index in [1.54, 1.807) is 31.5 Å². The van der Waals surface area contributed by atoms with Crippen molar-refractivity contribution in [1.82, 2.24) is 19.8 Å². The van der Waals surface area contributed by atoms with E-state index in [9.17, 15) is 9.18 Å². The van der Waals surface area contributed by atoms with Gasteiger partial charge in [0.2, 0.25) is 11.9 Å². The predicted molar refractivity (Wildman–Crippen MR) is 138 cm³/mol. The third kappa shape index (κ3) is 5.93. The number of aromatic nitrogens is 2. The van der Waals surface area contributed by atoms with E-state index in [0.29, 0.717) is 37.7 Å². The number of hydrogen-bond donors (Lipinski definition) is 0. The quantitative estimate of drug-likeness (QED) is 0.504. The van der Waals surface area contributed by atoms with Crippen LogP contribution in [0.1, 0.15) is 23.6 Å². The minimum atomic E-state index is -0.234. The Kier molecular flexibility index (Phi) is 7.55. The van der Waals surface area contributed by atoms with Crippen LogP contribution >= 0.6 is 0 Å². The largest absolute Gasteiger partial charge is 0.338 e. The lowest BCUT2D eigenvalue weighted by Gasteiger charge is -2.36. The number of piperazine rings is 1. The monoisotopic (exact) mass is 471 g/mol. The number of amides is 1. The van der Waals surface area contributed by atoms with Crippen molar-refractivity contribution in [1.29, 1.82) is 0 Å². The Morgan fingerprint density at radius 3 is 2.37 bits per heavy atom. The Balaban J connectivity index is 1.51. The van der Waals surface area contributed by atoms with Crippen molar-refractivity contribution in [2.75, 3.05) is 37.6 Å². The number of hydrogen-bond acceptors (Lipinski definition) is 5. The summed E-state index contributed by atoms with van der Waals surface area (Å²) >= 11 is 0. The van der Waals surface area contributed by atoms with Crippen LogP contribution in [0.3, 0.4) is 0 Å². The lowest BCUT2D eigenvalue weighted by atomic mass is 10.0. The number of nitrogens with zero attached hydrogens (tertiary/aromatic N) is 5. The van der Waals surface area contributed by atoms with Crippen molar-refractivity contribution in [2.45, 2.75) is 13.8 Å². The predicted octanol–water partition coefficient (Wildman–Crippen LogP) is 4.61. The van der Waals surface area contributed by atoms with Crippen LogP contribution < -0.4 is 4.90 Å². The maximum atomic E-state index is 13.8. The Bertz CT molecular complexity index is 1200. The van der Waals surface area contributed by atoms with Crippen LogP contribution in [-0.4, -0.2) is 58.4 Å². The van der Waals surface area contributed by atoms with Crippen LogP contribution in [0, 0.1) is 12.7 Å². The molecule has 2 aromatic carbocycles. The summed E-state index contributed by atoms with van der Waals surface area (Å²) in [6.45, 7) is 10.7. The second-order valence-electron chi connectivity index (χ2n) is 8.63. The highest BCUT2D eigenvalue weighted by Crippen LogP contribution is 2.23. The second-order valence-corrected chi connectivity index (χ2v) is 8.63. The van der Waals surface area contributed by atoms with Gasteiger partial charge in [0.05, 0.1) is 0 Å². The van der Waals surface area contributed by atoms with E-state index in [-0.39, 0.29) is 18.3 Å². The average molecular weight is 472 g/mol. The molecule has 0 aliphatic carbocycles. The maximum Gasteiger partial charge on any atom is 0.242 e. The smallest absolute Gasteiger partial charge is 0.242 e. The van der Waals surface area contributed by atoms with E-state index >= 15 is 0 Å². The number of rotatable bonds is 7. The highest BCUT2D eigenvalue weighted by Gasteiger charge is 2.24. The fourth-order valence-corrected chi connectivity index (χ4v) is 4.07. The van der Waals surface area contributed by atoms with Gasteiger partial charge in [-0.2, -0.15) is 0 Å². The van der Waals surface area contributed by atoms with Gasteiger partial charge in [0.1, 0.15) is 12.4 Å². The summed E-state index contributed by atoms with van der Waals surface area (Å²) in [5, 5.41) is 0. The molecule has 4 rings (SSSR count). The molecule has 1 aromatic heterocycles. The molecule has 0 unspecified atom stereocenters. The third-order valence-corrected chi connectivity index (χ3v) is 6.19. The van der Waals surface area contributed by atoms with E-state index in [4.69, 9.17) is 0 Å². The molecule has 0 saturated carbocycles. The highest BCUT2D eigenvalue weighted by atomic mass is 19.1. The number of halogens is 1. The van der Waals surface area contributed by atoms with E-state index in [0.717, 1.165) is 22.4 Å². The average Bonchev–Trinajstić information content (AvgIpc) is 2.90. The topological polar surface area (TPSA) is 52.6 Å². The summed E-state index contributed by atoms with van der Waals surface area (Å²) in [6.07, 6.45) is 5.38. The van der Waals surface area contributed by atoms with Crippen molar-refractivity contribution in [3.8, 4) is 0 Å². The zero-order valence-electron chi connectivity index (χ0n) is 20.2. The number of carbonyl (C=O) groups is 1. The van der Waals surface area contributed by atoms with Gasteiger partial charge in [-0.3, -0.25) is 4.79 Å². The van der Waals surface area contributed by atoms with Gasteiger partial charge in [-0.25, -0.2) is 14.4 Å². The van der Waals surface area contributed by atoms with Gasteiger partial charge in [-0.15, -0.1) is 0 Å². The Hall–Kier alpha value is -4.00. The fraction of sp³-hybridized carbons (Fsp3) is 0.250. The summed E-state index contributed by atoms with van der Waals surface area (Å²) in [7, 11) is 0. The molecule has 1 fully saturated rings. The Morgan fingerprint density at radius 1 is 1.03 bits per heavy atom. The first-order valence-electron chi connectivity index (χ1n) is 11.7. The Morgan fingerprint density at radius 2 is 1.71 bits per heavy atom. The standard InChI is InChI=1S/C28H30FN5O/c1-21-18-25(10-11-26(21)29)22(2)19-34(23(3)24-8-5-4-6-9-24)20-27(35)32-14-16-33(17-15-32)28-30-12-7-13-31-28/h4-13,18-19H,3,14-17,20H2,1-2H3/b22-19+. The van der Waals surface area contributed by atoms with Crippen LogP contribution in [0.2, 0.25) is 0 Å². The number of anilines is 1. The summed E-state index contributed by atoms with van der Waals surface area (Å²) in [5.74, 6) is 0.476. The lowest BCUT2D eigenvalue weighted by molar-refractivity contribution is -0.131. The molecule has 0 bridgehead atoms. The second kappa shape index (κ2) is 11.0. The molecule has 1 aliphatic rings. The zero-order chi connectivity index (χ0) is 24.8. The molecule has 0 atom stereocenters. The number of carbonyl (C=O) groups excluding carboxylic acids is 1. The molecule has 0 spiro atoms. The zero-order valence-corrected chi connectivity index (χ0v) is 20.2. The van der Waals surface area contributed by atoms with E-state index in [1.165, 1.54) is 6.07 Å². The van der Waals surface area contributed by atoms with E-state index < -0.39 is 0 Å². The summed E-state index contributed by atoms with van der Waals surface area (Å²) in [4.78, 5) is 27.8. The molecule has 3 aromatic rings. The van der Waals surface area contributed by atoms with Crippen LogP contribution in [0.4, 0.5) is 10.3 Å². The first kappa shape index (κ1) is 24.1. The van der Waals surface area contributed by atoms with Crippen molar-refractivity contribution < 1.29 is 9.18 Å². The van der Waals surface area contributed by atoms with E-state index in [2.05, 4.69) is 21.4 Å². The normalized spacial score (nSPS) is 14.1. The summed E-state index contributed by atoms with van der Waals surface area (Å²) in [5.41, 5.74) is 4.07. The van der Waals surface area contributed by atoms with Crippen LogP contribution in [0.5, 0.6) is 0 Å². The Labute approximate surface area is 206 Å². The number of aryl methyl sites for hydroxylation is 1. The summed E-state index contributed by atoms with van der Waals surface area (Å²) < 4.78 is 13.8. The molecule has 1 aliphatic heterocycles. The van der Waals surface area contributed by atoms with Gasteiger partial charge >= 0.3 is 0 Å². The van der Waals surface area contributed by atoms with Crippen molar-refractivity contribution in [2.24, 2.45) is 0 Å². The number of benzene rings is 2. The molecular formula is C28H30FN5O. The van der Waals surface area contributed by atoms with Gasteiger partial charge in [-0.05, 0) is 54.3 Å². The molecule has 6 nitrogen and oxygen atoms in total. The molecule has 1 amide bonds. The summed E-state index contributed by atoms with van der Waals surface area (Å²) in [6, 6.07) is 16.6. The lowest BCUT2D eigenvalue weighted by Crippen LogP contribution is -2.51. The fourth-order valence-electron chi connectivity index (χ4n) is 4.07. The molecule has 0 N–H and O–H groups in total. The van der Waals surface area contributed by atoms with Gasteiger partial charge < -0.3 is 14.7 Å². The molecule has 1 saturated heterocycles. The van der Waals surface area contributed by atoms with E-state index in [1.807, 2.05) is 59.3 Å². The molecule has 0 radical (unpaired) electrons. The van der Waals surface area contributed by atoms with Crippen molar-refractivity contribution >= 4 is 23.1 Å². The minimum absolute atomic E-state index is 0.0232. The highest BCUT2D eigenvalue weighted by molar-refractivity contribution is 5.81. The minimum Gasteiger partial charge on any atom is -0.338 e. The molecular weight excluding hydrogens is 441 g/mol. The molecule has 2 heterocycles. The first-order valence-corrected chi connectivity index (χ1v) is 11.7. The van der Waals surface area contributed by atoms with Crippen LogP contribution in [0.15, 0.2) is 79.8 Å². The maximum absolute atomic E-state index is 13.8. The first-order chi connectivity index (χ1) is 16.9. The number of allylic oxidation sites excluding steroid dienone is 1. The third-order valence-electron chi connectivity index (χ3n) is 6.19. The van der Waals surface area contributed by atoms with Gasteiger partial charge in [-0.1, -0.05) is 43.0 Å². The van der Waals surface area contributed by atoms with Gasteiger partial charge in [0.15, 0.2) is 0 Å². The van der Waals surface area contributed by atoms with Gasteiger partial charge in [0, 0.05) is 50.5 Å². The van der Waals surface area contributed by atoms with Crippen LogP contribution in [0.25, 0.3) is 11.3 Å². The molecule has 35 heavy (non-hydrogen) atoms. The van der Waals surface area contributed by atoms with Crippen LogP contribution in [-0.2, 0) is 4.79 Å². The van der Waals surface area contributed by atoms with Gasteiger partial charge in [0.25, 0.3) is 0 Å². The molecule has 7 heteroatoms. The van der Waals surface area contributed by atoms with Crippen molar-refractivity contribution in [3.05, 3.63) is 102 Å². The molecule has 180 valence electrons. The SMILES string of the molecule is C=C(c1ccccc1)N(/C=C(\C)c1ccc(F)c(C)c1)CC(=O)N1CCN(c2ncccn2)CC1.